The zero-order chi connectivity index (χ0) is 23.0. The summed E-state index contributed by atoms with van der Waals surface area (Å²) in [6.07, 6.45) is 2.55. The first kappa shape index (κ1) is 22.4. The molecule has 3 aromatic rings. The molecule has 1 N–H and O–H groups in total. The fourth-order valence-corrected chi connectivity index (χ4v) is 5.38. The molecule has 9 nitrogen and oxygen atoms in total. The molecule has 0 unspecified atom stereocenters. The lowest BCUT2D eigenvalue weighted by atomic mass is 9.98. The number of benzene rings is 1. The zero-order valence-corrected chi connectivity index (χ0v) is 18.7. The molecule has 0 saturated carbocycles. The molecule has 0 fully saturated rings. The Hall–Kier alpha value is -2.76. The Morgan fingerprint density at radius 3 is 2.72 bits per heavy atom. The van der Waals surface area contributed by atoms with Crippen LogP contribution >= 0.6 is 11.6 Å². The molecule has 32 heavy (non-hydrogen) atoms. The minimum Gasteiger partial charge on any atom is -0.395 e. The van der Waals surface area contributed by atoms with Gasteiger partial charge in [-0.2, -0.15) is 22.7 Å². The maximum Gasteiger partial charge on any atom is 0.286 e. The predicted molar refractivity (Wildman–Crippen MR) is 113 cm³/mol. The second-order valence-electron chi connectivity index (χ2n) is 7.44. The van der Waals surface area contributed by atoms with Crippen LogP contribution in [0.4, 0.5) is 4.39 Å². The van der Waals surface area contributed by atoms with Gasteiger partial charge in [0.25, 0.3) is 10.0 Å². The number of aliphatic hydroxyl groups excluding tert-OH is 1. The number of carbonyl (C=O) groups is 1. The molecule has 1 amide bonds. The predicted octanol–water partition coefficient (Wildman–Crippen LogP) is 1.87. The third-order valence-electron chi connectivity index (χ3n) is 5.51. The number of nitrogens with zero attached hydrogens (tertiary/aromatic N) is 5. The van der Waals surface area contributed by atoms with E-state index >= 15 is 0 Å². The van der Waals surface area contributed by atoms with Gasteiger partial charge < -0.3 is 10.0 Å². The molecule has 1 atom stereocenters. The molecular formula is C20H21ClFN5O4S. The van der Waals surface area contributed by atoms with Gasteiger partial charge in [-0.25, -0.2) is 4.39 Å². The Morgan fingerprint density at radius 1 is 1.31 bits per heavy atom. The van der Waals surface area contributed by atoms with E-state index < -0.39 is 29.2 Å². The molecule has 170 valence electrons. The average Bonchev–Trinajstić information content (AvgIpc) is 3.44. The van der Waals surface area contributed by atoms with Crippen LogP contribution in [0.1, 0.15) is 28.4 Å². The van der Waals surface area contributed by atoms with Crippen LogP contribution in [0.2, 0.25) is 5.02 Å². The Balaban J connectivity index is 1.55. The van der Waals surface area contributed by atoms with E-state index in [1.807, 2.05) is 0 Å². The highest BCUT2D eigenvalue weighted by Gasteiger charge is 2.34. The minimum atomic E-state index is -4.01. The van der Waals surface area contributed by atoms with Crippen LogP contribution in [-0.4, -0.2) is 56.6 Å². The fraction of sp³-hybridized carbons (Fsp3) is 0.350. The third kappa shape index (κ3) is 3.80. The molecular weight excluding hydrogens is 461 g/mol. The van der Waals surface area contributed by atoms with Gasteiger partial charge in [-0.1, -0.05) is 29.8 Å². The number of rotatable bonds is 7. The summed E-state index contributed by atoms with van der Waals surface area (Å²) < 4.78 is 40.8. The van der Waals surface area contributed by atoms with E-state index in [0.717, 1.165) is 4.09 Å². The first-order valence-corrected chi connectivity index (χ1v) is 11.6. The Labute approximate surface area is 189 Å². The number of fused-ring (bicyclic) bond motifs is 1. The van der Waals surface area contributed by atoms with E-state index in [1.165, 1.54) is 22.0 Å². The maximum absolute atomic E-state index is 13.0. The first-order valence-electron chi connectivity index (χ1n) is 9.83. The molecule has 4 rings (SSSR count). The lowest BCUT2D eigenvalue weighted by molar-refractivity contribution is -0.134. The summed E-state index contributed by atoms with van der Waals surface area (Å²) in [7, 11) is -4.01. The summed E-state index contributed by atoms with van der Waals surface area (Å²) >= 11 is 6.19. The van der Waals surface area contributed by atoms with E-state index in [9.17, 15) is 22.7 Å². The number of aliphatic hydroxyl groups is 1. The van der Waals surface area contributed by atoms with Crippen molar-refractivity contribution in [2.24, 2.45) is 0 Å². The van der Waals surface area contributed by atoms with Crippen LogP contribution < -0.4 is 0 Å². The summed E-state index contributed by atoms with van der Waals surface area (Å²) in [6, 6.07) is 6.82. The molecule has 2 aromatic heterocycles. The van der Waals surface area contributed by atoms with Crippen molar-refractivity contribution in [3.63, 3.8) is 0 Å². The molecule has 1 aliphatic heterocycles. The summed E-state index contributed by atoms with van der Waals surface area (Å²) in [4.78, 5) is 14.5. The van der Waals surface area contributed by atoms with Gasteiger partial charge in [-0.15, -0.1) is 0 Å². The van der Waals surface area contributed by atoms with Crippen molar-refractivity contribution in [2.45, 2.75) is 37.4 Å². The first-order chi connectivity index (χ1) is 15.3. The number of aromatic nitrogens is 4. The molecule has 0 spiro atoms. The highest BCUT2D eigenvalue weighted by atomic mass is 35.5. The highest BCUT2D eigenvalue weighted by molar-refractivity contribution is 7.89. The smallest absolute Gasteiger partial charge is 0.286 e. The van der Waals surface area contributed by atoms with Crippen LogP contribution in [0.5, 0.6) is 0 Å². The van der Waals surface area contributed by atoms with E-state index in [1.54, 1.807) is 31.2 Å². The van der Waals surface area contributed by atoms with Crippen molar-refractivity contribution < 1.29 is 22.7 Å². The number of hydrogen-bond acceptors (Lipinski definition) is 6. The minimum absolute atomic E-state index is 0.0362. The quantitative estimate of drug-likeness (QED) is 0.551. The average molecular weight is 482 g/mol. The maximum atomic E-state index is 13.0. The van der Waals surface area contributed by atoms with Gasteiger partial charge in [0.1, 0.15) is 11.6 Å². The lowest BCUT2D eigenvalue weighted by Gasteiger charge is -2.22. The van der Waals surface area contributed by atoms with Crippen LogP contribution in [0, 0.1) is 6.92 Å². The summed E-state index contributed by atoms with van der Waals surface area (Å²) in [5.41, 5.74) is 1.89. The molecule has 1 aromatic carbocycles. The monoisotopic (exact) mass is 481 g/mol. The molecule has 12 heteroatoms. The lowest BCUT2D eigenvalue weighted by Crippen LogP contribution is -2.33. The van der Waals surface area contributed by atoms with E-state index in [4.69, 9.17) is 11.6 Å². The number of amides is 1. The van der Waals surface area contributed by atoms with Crippen molar-refractivity contribution in [1.82, 2.24) is 23.9 Å². The topological polar surface area (TPSA) is 110 Å². The summed E-state index contributed by atoms with van der Waals surface area (Å²) in [5, 5.41) is 18.3. The molecule has 1 aliphatic rings. The standard InChI is InChI=1S/C20H21ClFN5O4S/c1-13-19(8-23-26(13)7-6-22)32(30,31)27-10-14-9-25(11-18(14)24-27)20(29)16(12-28)15-4-2-3-5-17(15)21/h2-5,8,10,16,28H,6-7,9,11-12H2,1H3/t16-/m0/s1. The van der Waals surface area contributed by atoms with E-state index in [0.29, 0.717) is 27.5 Å². The highest BCUT2D eigenvalue weighted by Crippen LogP contribution is 2.30. The van der Waals surface area contributed by atoms with E-state index in [2.05, 4.69) is 10.2 Å². The van der Waals surface area contributed by atoms with Crippen LogP contribution in [0.15, 0.2) is 41.6 Å². The number of aryl methyl sites for hydroxylation is 1. The van der Waals surface area contributed by atoms with Gasteiger partial charge in [0.2, 0.25) is 5.91 Å². The van der Waals surface area contributed by atoms with Crippen molar-refractivity contribution in [3.05, 3.63) is 64.2 Å². The van der Waals surface area contributed by atoms with Gasteiger partial charge in [-0.3, -0.25) is 9.48 Å². The third-order valence-corrected chi connectivity index (χ3v) is 7.49. The number of hydrogen-bond donors (Lipinski definition) is 1. The van der Waals surface area contributed by atoms with Crippen molar-refractivity contribution in [1.29, 1.82) is 0 Å². The number of alkyl halides is 1. The Morgan fingerprint density at radius 2 is 2.06 bits per heavy atom. The summed E-state index contributed by atoms with van der Waals surface area (Å²) in [6.45, 7) is 0.711. The van der Waals surface area contributed by atoms with Gasteiger partial charge >= 0.3 is 0 Å². The van der Waals surface area contributed by atoms with Crippen LogP contribution in [-0.2, 0) is 34.5 Å². The van der Waals surface area contributed by atoms with Gasteiger partial charge in [-0.05, 0) is 18.6 Å². The largest absolute Gasteiger partial charge is 0.395 e. The number of halogens is 2. The molecule has 0 aliphatic carbocycles. The molecule has 0 radical (unpaired) electrons. The van der Waals surface area contributed by atoms with E-state index in [-0.39, 0.29) is 30.4 Å². The van der Waals surface area contributed by atoms with Gasteiger partial charge in [0.15, 0.2) is 0 Å². The number of carbonyl (C=O) groups excluding carboxylic acids is 1. The Bertz CT molecular complexity index is 1250. The normalized spacial score (nSPS) is 14.6. The zero-order valence-electron chi connectivity index (χ0n) is 17.1. The fourth-order valence-electron chi connectivity index (χ4n) is 3.78. The second kappa shape index (κ2) is 8.64. The van der Waals surface area contributed by atoms with Crippen molar-refractivity contribution in [3.8, 4) is 0 Å². The molecule has 3 heterocycles. The molecule has 0 bridgehead atoms. The van der Waals surface area contributed by atoms with Crippen LogP contribution in [0.3, 0.4) is 0 Å². The Kier molecular flexibility index (Phi) is 6.06. The SMILES string of the molecule is Cc1c(S(=O)(=O)n2cc3c(n2)CN(C(=O)[C@@H](CO)c2ccccc2Cl)C3)cnn1CCF. The van der Waals surface area contributed by atoms with Gasteiger partial charge in [0.05, 0.1) is 43.2 Å². The molecule has 0 saturated heterocycles. The van der Waals surface area contributed by atoms with Gasteiger partial charge in [0, 0.05) is 23.3 Å². The van der Waals surface area contributed by atoms with Crippen molar-refractivity contribution >= 4 is 27.5 Å². The van der Waals surface area contributed by atoms with Crippen molar-refractivity contribution in [2.75, 3.05) is 13.3 Å². The second-order valence-corrected chi connectivity index (χ2v) is 9.61. The summed E-state index contributed by atoms with van der Waals surface area (Å²) in [5.74, 6) is -1.15. The van der Waals surface area contributed by atoms with Crippen LogP contribution in [0.25, 0.3) is 0 Å².